The van der Waals surface area contributed by atoms with Crippen LogP contribution in [0.1, 0.15) is 0 Å². The maximum absolute atomic E-state index is 11.6. The number of para-hydroxylation sites is 1. The molecule has 0 atom stereocenters. The van der Waals surface area contributed by atoms with Crippen molar-refractivity contribution in [1.82, 2.24) is 9.55 Å². The summed E-state index contributed by atoms with van der Waals surface area (Å²) in [6.07, 6.45) is 1.68. The fraction of sp³-hybridized carbons (Fsp3) is 0. The highest BCUT2D eigenvalue weighted by Gasteiger charge is 2.22. The van der Waals surface area contributed by atoms with Crippen LogP contribution >= 0.6 is 15.9 Å². The third-order valence-corrected chi connectivity index (χ3v) is 4.73. The van der Waals surface area contributed by atoms with Gasteiger partial charge in [0.05, 0.1) is 22.4 Å². The van der Waals surface area contributed by atoms with Crippen LogP contribution in [-0.2, 0) is 0 Å². The average Bonchev–Trinajstić information content (AvgIpc) is 3.14. The van der Waals surface area contributed by atoms with Gasteiger partial charge in [-0.2, -0.15) is 0 Å². The van der Waals surface area contributed by atoms with Crippen LogP contribution in [-0.4, -0.2) is 14.5 Å². The molecular weight excluding hydrogens is 406 g/mol. The van der Waals surface area contributed by atoms with E-state index in [9.17, 15) is 10.1 Å². The molecule has 4 aromatic rings. The summed E-state index contributed by atoms with van der Waals surface area (Å²) in [6.45, 7) is 0. The van der Waals surface area contributed by atoms with Crippen LogP contribution in [0.3, 0.4) is 0 Å². The number of nitro groups is 1. The van der Waals surface area contributed by atoms with Gasteiger partial charge >= 0.3 is 0 Å². The number of hydrogen-bond donors (Lipinski definition) is 0. The Balaban J connectivity index is 2.03. The molecule has 1 aromatic heterocycles. The average molecular weight is 420 g/mol. The molecule has 1 heterocycles. The van der Waals surface area contributed by atoms with Crippen molar-refractivity contribution >= 4 is 21.6 Å². The van der Waals surface area contributed by atoms with E-state index in [1.54, 1.807) is 18.3 Å². The largest absolute Gasteiger partial charge is 0.292 e. The Bertz CT molecular complexity index is 1110. The molecular formula is C21H14BrN3O2. The molecule has 5 nitrogen and oxygen atoms in total. The van der Waals surface area contributed by atoms with Crippen molar-refractivity contribution in [3.8, 4) is 28.3 Å². The normalized spacial score (nSPS) is 10.7. The number of nitro benzene ring substituents is 1. The fourth-order valence-electron chi connectivity index (χ4n) is 3.04. The van der Waals surface area contributed by atoms with Crippen LogP contribution in [0.2, 0.25) is 0 Å². The second-order valence-corrected chi connectivity index (χ2v) is 6.84. The first-order valence-corrected chi connectivity index (χ1v) is 9.07. The Hall–Kier alpha value is -3.25. The summed E-state index contributed by atoms with van der Waals surface area (Å²) in [6, 6.07) is 24.4. The first-order valence-electron chi connectivity index (χ1n) is 8.28. The van der Waals surface area contributed by atoms with Crippen molar-refractivity contribution in [3.63, 3.8) is 0 Å². The van der Waals surface area contributed by atoms with Crippen LogP contribution < -0.4 is 0 Å². The van der Waals surface area contributed by atoms with Gasteiger partial charge in [-0.1, -0.05) is 64.5 Å². The topological polar surface area (TPSA) is 61.0 Å². The van der Waals surface area contributed by atoms with Gasteiger partial charge in [-0.05, 0) is 24.3 Å². The Kier molecular flexibility index (Phi) is 4.56. The highest BCUT2D eigenvalue weighted by molar-refractivity contribution is 9.10. The molecule has 0 unspecified atom stereocenters. The molecule has 0 aliphatic rings. The molecule has 132 valence electrons. The third kappa shape index (κ3) is 3.27. The van der Waals surface area contributed by atoms with Gasteiger partial charge in [0.2, 0.25) is 0 Å². The van der Waals surface area contributed by atoms with Crippen LogP contribution in [0, 0.1) is 10.1 Å². The van der Waals surface area contributed by atoms with Crippen molar-refractivity contribution in [1.29, 1.82) is 0 Å². The molecule has 0 bridgehead atoms. The zero-order valence-electron chi connectivity index (χ0n) is 14.1. The SMILES string of the molecule is O=[N+]([O-])c1ccc(Br)cc1-c1cnc(-c2ccccc2)n1-c1ccccc1. The van der Waals surface area contributed by atoms with Crippen molar-refractivity contribution in [2.45, 2.75) is 0 Å². The second kappa shape index (κ2) is 7.17. The predicted octanol–water partition coefficient (Wildman–Crippen LogP) is 5.88. The van der Waals surface area contributed by atoms with Gasteiger partial charge in [0.25, 0.3) is 5.69 Å². The zero-order valence-corrected chi connectivity index (χ0v) is 15.7. The summed E-state index contributed by atoms with van der Waals surface area (Å²) in [4.78, 5) is 15.8. The van der Waals surface area contributed by atoms with Crippen LogP contribution in [0.5, 0.6) is 0 Å². The maximum atomic E-state index is 11.6. The number of nitrogens with zero attached hydrogens (tertiary/aromatic N) is 3. The minimum Gasteiger partial charge on any atom is -0.292 e. The van der Waals surface area contributed by atoms with Gasteiger partial charge in [-0.25, -0.2) is 4.98 Å². The number of halogens is 1. The number of aromatic nitrogens is 2. The van der Waals surface area contributed by atoms with Crippen molar-refractivity contribution in [3.05, 3.63) is 99.6 Å². The van der Waals surface area contributed by atoms with E-state index >= 15 is 0 Å². The third-order valence-electron chi connectivity index (χ3n) is 4.24. The molecule has 4 rings (SSSR count). The lowest BCUT2D eigenvalue weighted by atomic mass is 10.1. The lowest BCUT2D eigenvalue weighted by molar-refractivity contribution is -0.384. The summed E-state index contributed by atoms with van der Waals surface area (Å²) < 4.78 is 2.72. The molecule has 27 heavy (non-hydrogen) atoms. The minimum atomic E-state index is -0.369. The van der Waals surface area contributed by atoms with Gasteiger partial charge in [0.15, 0.2) is 0 Å². The lowest BCUT2D eigenvalue weighted by Gasteiger charge is -2.13. The summed E-state index contributed by atoms with van der Waals surface area (Å²) in [7, 11) is 0. The van der Waals surface area contributed by atoms with Gasteiger partial charge in [0, 0.05) is 21.8 Å². The molecule has 6 heteroatoms. The summed E-state index contributed by atoms with van der Waals surface area (Å²) >= 11 is 3.42. The van der Waals surface area contributed by atoms with Crippen molar-refractivity contribution < 1.29 is 4.92 Å². The Morgan fingerprint density at radius 2 is 1.59 bits per heavy atom. The first kappa shape index (κ1) is 17.2. The molecule has 0 fully saturated rings. The standard InChI is InChI=1S/C21H14BrN3O2/c22-16-11-12-19(25(26)27)18(13-16)20-14-23-21(15-7-3-1-4-8-15)24(20)17-9-5-2-6-10-17/h1-14H. The number of benzene rings is 3. The smallest absolute Gasteiger partial charge is 0.278 e. The number of imidazole rings is 1. The maximum Gasteiger partial charge on any atom is 0.278 e. The van der Waals surface area contributed by atoms with Gasteiger partial charge in [0.1, 0.15) is 5.82 Å². The zero-order chi connectivity index (χ0) is 18.8. The minimum absolute atomic E-state index is 0.0369. The monoisotopic (exact) mass is 419 g/mol. The summed E-state index contributed by atoms with van der Waals surface area (Å²) in [5, 5.41) is 11.6. The van der Waals surface area contributed by atoms with Gasteiger partial charge in [-0.3, -0.25) is 14.7 Å². The molecule has 0 saturated carbocycles. The van der Waals surface area contributed by atoms with E-state index in [2.05, 4.69) is 20.9 Å². The van der Waals surface area contributed by atoms with E-state index < -0.39 is 0 Å². The Morgan fingerprint density at radius 3 is 2.26 bits per heavy atom. The van der Waals surface area contributed by atoms with Crippen molar-refractivity contribution in [2.24, 2.45) is 0 Å². The van der Waals surface area contributed by atoms with Crippen LogP contribution in [0.15, 0.2) is 89.5 Å². The molecule has 3 aromatic carbocycles. The van der Waals surface area contributed by atoms with E-state index in [4.69, 9.17) is 0 Å². The summed E-state index contributed by atoms with van der Waals surface area (Å²) in [5.41, 5.74) is 3.03. The second-order valence-electron chi connectivity index (χ2n) is 5.92. The fourth-order valence-corrected chi connectivity index (χ4v) is 3.40. The van der Waals surface area contributed by atoms with E-state index in [1.807, 2.05) is 65.2 Å². The quantitative estimate of drug-likeness (QED) is 0.306. The lowest BCUT2D eigenvalue weighted by Crippen LogP contribution is -2.01. The molecule has 0 N–H and O–H groups in total. The van der Waals surface area contributed by atoms with Gasteiger partial charge < -0.3 is 0 Å². The molecule has 0 aliphatic carbocycles. The summed E-state index contributed by atoms with van der Waals surface area (Å²) in [5.74, 6) is 0.728. The van der Waals surface area contributed by atoms with E-state index in [1.165, 1.54) is 6.07 Å². The number of rotatable bonds is 4. The molecule has 0 saturated heterocycles. The van der Waals surface area contributed by atoms with E-state index in [-0.39, 0.29) is 10.6 Å². The van der Waals surface area contributed by atoms with Gasteiger partial charge in [-0.15, -0.1) is 0 Å². The number of hydrogen-bond acceptors (Lipinski definition) is 3. The van der Waals surface area contributed by atoms with Crippen LogP contribution in [0.4, 0.5) is 5.69 Å². The molecule has 0 radical (unpaired) electrons. The predicted molar refractivity (Wildman–Crippen MR) is 109 cm³/mol. The van der Waals surface area contributed by atoms with Crippen LogP contribution in [0.25, 0.3) is 28.3 Å². The first-order chi connectivity index (χ1) is 13.1. The van der Waals surface area contributed by atoms with E-state index in [0.717, 1.165) is 21.5 Å². The highest BCUT2D eigenvalue weighted by Crippen LogP contribution is 2.36. The molecule has 0 aliphatic heterocycles. The molecule has 0 amide bonds. The molecule has 0 spiro atoms. The van der Waals surface area contributed by atoms with Crippen molar-refractivity contribution in [2.75, 3.05) is 0 Å². The Morgan fingerprint density at radius 1 is 0.926 bits per heavy atom. The Labute approximate surface area is 164 Å². The van der Waals surface area contributed by atoms with E-state index in [0.29, 0.717) is 11.3 Å². The highest BCUT2D eigenvalue weighted by atomic mass is 79.9.